The summed E-state index contributed by atoms with van der Waals surface area (Å²) in [5.74, 6) is 1.02. The lowest BCUT2D eigenvalue weighted by Crippen LogP contribution is -2.38. The number of hydrogen-bond donors (Lipinski definition) is 1. The quantitative estimate of drug-likeness (QED) is 0.845. The van der Waals surface area contributed by atoms with Gasteiger partial charge >= 0.3 is 0 Å². The van der Waals surface area contributed by atoms with Gasteiger partial charge in [0.25, 0.3) is 0 Å². The molecule has 0 radical (unpaired) electrons. The van der Waals surface area contributed by atoms with E-state index in [-0.39, 0.29) is 11.1 Å². The van der Waals surface area contributed by atoms with Crippen LogP contribution in [0.25, 0.3) is 0 Å². The molecule has 0 saturated carbocycles. The van der Waals surface area contributed by atoms with Crippen molar-refractivity contribution < 1.29 is 9.94 Å². The Labute approximate surface area is 116 Å². The minimum atomic E-state index is -0.200. The summed E-state index contributed by atoms with van der Waals surface area (Å²) in [7, 11) is 1.71. The summed E-state index contributed by atoms with van der Waals surface area (Å²) < 4.78 is 5.88. The van der Waals surface area contributed by atoms with Crippen LogP contribution in [-0.2, 0) is 12.8 Å². The SMILES string of the molecule is CN(O)C(C)(C)CCc1ccc2c(c1)CC(C)(C)O2. The maximum atomic E-state index is 9.59. The van der Waals surface area contributed by atoms with Crippen LogP contribution in [0.5, 0.6) is 5.75 Å². The second kappa shape index (κ2) is 4.80. The van der Waals surface area contributed by atoms with E-state index in [9.17, 15) is 5.21 Å². The normalized spacial score (nSPS) is 17.4. The van der Waals surface area contributed by atoms with E-state index in [1.807, 2.05) is 13.8 Å². The fraction of sp³-hybridized carbons (Fsp3) is 0.625. The molecule has 0 amide bonds. The van der Waals surface area contributed by atoms with E-state index >= 15 is 0 Å². The Hall–Kier alpha value is -1.06. The first-order valence-electron chi connectivity index (χ1n) is 6.93. The van der Waals surface area contributed by atoms with Crippen molar-refractivity contribution in [1.82, 2.24) is 5.06 Å². The number of hydrogen-bond acceptors (Lipinski definition) is 3. The van der Waals surface area contributed by atoms with Gasteiger partial charge in [-0.05, 0) is 57.7 Å². The number of rotatable bonds is 4. The molecule has 3 nitrogen and oxygen atoms in total. The first-order chi connectivity index (χ1) is 8.70. The molecule has 106 valence electrons. The number of hydroxylamine groups is 2. The molecule has 0 aliphatic carbocycles. The zero-order valence-electron chi connectivity index (χ0n) is 12.7. The van der Waals surface area contributed by atoms with Gasteiger partial charge < -0.3 is 9.94 Å². The molecule has 0 fully saturated rings. The van der Waals surface area contributed by atoms with Gasteiger partial charge in [-0.2, -0.15) is 5.06 Å². The Morgan fingerprint density at radius 3 is 2.68 bits per heavy atom. The average Bonchev–Trinajstić information content (AvgIpc) is 2.59. The maximum Gasteiger partial charge on any atom is 0.123 e. The monoisotopic (exact) mass is 263 g/mol. The van der Waals surface area contributed by atoms with Crippen LogP contribution in [0.2, 0.25) is 0 Å². The molecule has 0 bridgehead atoms. The lowest BCUT2D eigenvalue weighted by molar-refractivity contribution is -0.141. The Morgan fingerprint density at radius 1 is 1.37 bits per heavy atom. The predicted molar refractivity (Wildman–Crippen MR) is 76.8 cm³/mol. The largest absolute Gasteiger partial charge is 0.487 e. The van der Waals surface area contributed by atoms with Crippen LogP contribution in [0.4, 0.5) is 0 Å². The minimum absolute atomic E-state index is 0.0778. The summed E-state index contributed by atoms with van der Waals surface area (Å²) in [5.41, 5.74) is 2.34. The highest BCUT2D eigenvalue weighted by Gasteiger charge is 2.30. The molecule has 0 atom stereocenters. The Balaban J connectivity index is 2.05. The van der Waals surface area contributed by atoms with Crippen molar-refractivity contribution >= 4 is 0 Å². The van der Waals surface area contributed by atoms with E-state index in [4.69, 9.17) is 4.74 Å². The number of fused-ring (bicyclic) bond motifs is 1. The summed E-state index contributed by atoms with van der Waals surface area (Å²) in [6, 6.07) is 6.46. The smallest absolute Gasteiger partial charge is 0.123 e. The Kier molecular flexibility index (Phi) is 3.63. The summed E-state index contributed by atoms with van der Waals surface area (Å²) in [6.07, 6.45) is 2.86. The third-order valence-electron chi connectivity index (χ3n) is 4.03. The molecule has 0 saturated heterocycles. The molecule has 1 aliphatic rings. The summed E-state index contributed by atoms with van der Waals surface area (Å²) in [5, 5.41) is 10.9. The molecule has 3 heteroatoms. The van der Waals surface area contributed by atoms with E-state index in [1.54, 1.807) is 7.05 Å². The van der Waals surface area contributed by atoms with Gasteiger partial charge in [-0.25, -0.2) is 0 Å². The summed E-state index contributed by atoms with van der Waals surface area (Å²) in [6.45, 7) is 8.34. The maximum absolute atomic E-state index is 9.59. The molecular weight excluding hydrogens is 238 g/mol. The van der Waals surface area contributed by atoms with Crippen molar-refractivity contribution in [2.45, 2.75) is 58.1 Å². The number of aryl methyl sites for hydroxylation is 1. The number of ether oxygens (including phenoxy) is 1. The van der Waals surface area contributed by atoms with Crippen molar-refractivity contribution in [3.63, 3.8) is 0 Å². The second-order valence-corrected chi connectivity index (χ2v) is 6.82. The highest BCUT2D eigenvalue weighted by molar-refractivity contribution is 5.41. The first-order valence-corrected chi connectivity index (χ1v) is 6.93. The van der Waals surface area contributed by atoms with Gasteiger partial charge in [0.1, 0.15) is 11.4 Å². The lowest BCUT2D eigenvalue weighted by Gasteiger charge is -2.30. The first kappa shape index (κ1) is 14.4. The molecule has 1 aliphatic heterocycles. The number of benzene rings is 1. The van der Waals surface area contributed by atoms with Crippen LogP contribution >= 0.6 is 0 Å². The van der Waals surface area contributed by atoms with Crippen molar-refractivity contribution in [3.8, 4) is 5.75 Å². The fourth-order valence-corrected chi connectivity index (χ4v) is 2.43. The van der Waals surface area contributed by atoms with E-state index in [0.29, 0.717) is 0 Å². The zero-order chi connectivity index (χ0) is 14.3. The summed E-state index contributed by atoms with van der Waals surface area (Å²) >= 11 is 0. The molecule has 0 unspecified atom stereocenters. The van der Waals surface area contributed by atoms with E-state index in [1.165, 1.54) is 16.2 Å². The molecule has 19 heavy (non-hydrogen) atoms. The average molecular weight is 263 g/mol. The molecule has 1 aromatic carbocycles. The van der Waals surface area contributed by atoms with Crippen molar-refractivity contribution in [2.24, 2.45) is 0 Å². The van der Waals surface area contributed by atoms with Gasteiger partial charge in [0, 0.05) is 19.0 Å². The van der Waals surface area contributed by atoms with Gasteiger partial charge in [0.05, 0.1) is 0 Å². The van der Waals surface area contributed by atoms with Gasteiger partial charge in [-0.3, -0.25) is 0 Å². The van der Waals surface area contributed by atoms with Crippen LogP contribution in [0.1, 0.15) is 45.2 Å². The summed E-state index contributed by atoms with van der Waals surface area (Å²) in [4.78, 5) is 0. The topological polar surface area (TPSA) is 32.7 Å². The third kappa shape index (κ3) is 3.28. The van der Waals surface area contributed by atoms with Gasteiger partial charge in [-0.15, -0.1) is 0 Å². The minimum Gasteiger partial charge on any atom is -0.487 e. The predicted octanol–water partition coefficient (Wildman–Crippen LogP) is 3.43. The van der Waals surface area contributed by atoms with Crippen molar-refractivity contribution in [2.75, 3.05) is 7.05 Å². The molecule has 0 spiro atoms. The van der Waals surface area contributed by atoms with E-state index in [2.05, 4.69) is 32.0 Å². The van der Waals surface area contributed by atoms with Crippen LogP contribution < -0.4 is 4.74 Å². The Bertz CT molecular complexity index is 464. The van der Waals surface area contributed by atoms with Crippen molar-refractivity contribution in [1.29, 1.82) is 0 Å². The fourth-order valence-electron chi connectivity index (χ4n) is 2.43. The molecule has 0 aromatic heterocycles. The van der Waals surface area contributed by atoms with E-state index < -0.39 is 0 Å². The number of nitrogens with zero attached hydrogens (tertiary/aromatic N) is 1. The van der Waals surface area contributed by atoms with Crippen LogP contribution in [-0.4, -0.2) is 28.5 Å². The second-order valence-electron chi connectivity index (χ2n) is 6.82. The highest BCUT2D eigenvalue weighted by atomic mass is 16.5. The van der Waals surface area contributed by atoms with Crippen molar-refractivity contribution in [3.05, 3.63) is 29.3 Å². The van der Waals surface area contributed by atoms with Gasteiger partial charge in [-0.1, -0.05) is 12.1 Å². The Morgan fingerprint density at radius 2 is 2.05 bits per heavy atom. The standard InChI is InChI=1S/C16H25NO2/c1-15(2,17(5)18)9-8-12-6-7-14-13(10-12)11-16(3,4)19-14/h6-7,10,18H,8-9,11H2,1-5H3. The van der Waals surface area contributed by atoms with Crippen LogP contribution in [0.3, 0.4) is 0 Å². The molecule has 1 heterocycles. The highest BCUT2D eigenvalue weighted by Crippen LogP contribution is 2.35. The molecular formula is C16H25NO2. The lowest BCUT2D eigenvalue weighted by atomic mass is 9.93. The van der Waals surface area contributed by atoms with Crippen LogP contribution in [0.15, 0.2) is 18.2 Å². The third-order valence-corrected chi connectivity index (χ3v) is 4.03. The molecule has 2 rings (SSSR count). The molecule has 1 N–H and O–H groups in total. The zero-order valence-corrected chi connectivity index (χ0v) is 12.7. The van der Waals surface area contributed by atoms with Gasteiger partial charge in [0.2, 0.25) is 0 Å². The molecule has 1 aromatic rings. The van der Waals surface area contributed by atoms with Crippen LogP contribution in [0, 0.1) is 0 Å². The van der Waals surface area contributed by atoms with E-state index in [0.717, 1.165) is 25.0 Å². The van der Waals surface area contributed by atoms with Gasteiger partial charge in [0.15, 0.2) is 0 Å².